The number of rotatable bonds is 9. The fraction of sp³-hybridized carbons (Fsp3) is 0.538. The Bertz CT molecular complexity index is 517. The summed E-state index contributed by atoms with van der Waals surface area (Å²) >= 11 is 0. The number of methoxy groups -OCH3 is 2. The van der Waals surface area contributed by atoms with E-state index in [-0.39, 0.29) is 0 Å². The second-order valence-electron chi connectivity index (χ2n) is 4.39. The van der Waals surface area contributed by atoms with Gasteiger partial charge in [0.1, 0.15) is 0 Å². The van der Waals surface area contributed by atoms with Crippen molar-refractivity contribution in [2.75, 3.05) is 33.6 Å². The lowest BCUT2D eigenvalue weighted by atomic mass is 10.2. The van der Waals surface area contributed by atoms with Crippen molar-refractivity contribution in [3.05, 3.63) is 23.8 Å². The van der Waals surface area contributed by atoms with Gasteiger partial charge >= 0.3 is 0 Å². The lowest BCUT2D eigenvalue weighted by Crippen LogP contribution is -2.26. The Kier molecular flexibility index (Phi) is 6.77. The molecule has 6 nitrogen and oxygen atoms in total. The number of benzene rings is 1. The summed E-state index contributed by atoms with van der Waals surface area (Å²) in [6, 6.07) is 5.74. The van der Waals surface area contributed by atoms with Gasteiger partial charge in [0.05, 0.1) is 20.5 Å². The molecule has 0 aliphatic heterocycles. The molecule has 1 aromatic carbocycles. The highest BCUT2D eigenvalue weighted by molar-refractivity contribution is 7.88. The third kappa shape index (κ3) is 6.23. The summed E-state index contributed by atoms with van der Waals surface area (Å²) in [5.41, 5.74) is 1.08. The summed E-state index contributed by atoms with van der Waals surface area (Å²) in [4.78, 5) is 0. The van der Waals surface area contributed by atoms with Crippen LogP contribution in [0.3, 0.4) is 0 Å². The Labute approximate surface area is 120 Å². The minimum Gasteiger partial charge on any atom is -0.493 e. The Morgan fingerprint density at radius 2 is 1.80 bits per heavy atom. The van der Waals surface area contributed by atoms with E-state index in [0.717, 1.165) is 24.8 Å². The lowest BCUT2D eigenvalue weighted by molar-refractivity contribution is 0.354. The summed E-state index contributed by atoms with van der Waals surface area (Å²) in [5.74, 6) is 1.40. The van der Waals surface area contributed by atoms with Crippen molar-refractivity contribution in [2.24, 2.45) is 0 Å². The molecule has 1 aromatic rings. The van der Waals surface area contributed by atoms with Gasteiger partial charge in [-0.2, -0.15) is 0 Å². The maximum Gasteiger partial charge on any atom is 0.208 e. The zero-order valence-electron chi connectivity index (χ0n) is 12.1. The SMILES string of the molecule is COc1ccc(CNCCCNS(C)(=O)=O)cc1OC. The third-order valence-electron chi connectivity index (χ3n) is 2.67. The molecule has 7 heteroatoms. The predicted octanol–water partition coefficient (Wildman–Crippen LogP) is 0.733. The van der Waals surface area contributed by atoms with Gasteiger partial charge in [-0.15, -0.1) is 0 Å². The number of sulfonamides is 1. The van der Waals surface area contributed by atoms with Crippen LogP contribution >= 0.6 is 0 Å². The smallest absolute Gasteiger partial charge is 0.208 e. The second-order valence-corrected chi connectivity index (χ2v) is 6.22. The maximum atomic E-state index is 10.9. The molecule has 0 saturated carbocycles. The molecule has 0 saturated heterocycles. The predicted molar refractivity (Wildman–Crippen MR) is 78.7 cm³/mol. The first kappa shape index (κ1) is 16.7. The number of nitrogens with one attached hydrogen (secondary N) is 2. The molecule has 1 rings (SSSR count). The van der Waals surface area contributed by atoms with Crippen LogP contribution in [0.5, 0.6) is 11.5 Å². The first-order chi connectivity index (χ1) is 9.46. The van der Waals surface area contributed by atoms with Gasteiger partial charge in [-0.25, -0.2) is 13.1 Å². The average Bonchev–Trinajstić information content (AvgIpc) is 2.41. The topological polar surface area (TPSA) is 76.7 Å². The van der Waals surface area contributed by atoms with Crippen molar-refractivity contribution >= 4 is 10.0 Å². The first-order valence-corrected chi connectivity index (χ1v) is 8.21. The van der Waals surface area contributed by atoms with Crippen LogP contribution in [-0.2, 0) is 16.6 Å². The lowest BCUT2D eigenvalue weighted by Gasteiger charge is -2.10. The monoisotopic (exact) mass is 302 g/mol. The zero-order valence-corrected chi connectivity index (χ0v) is 12.9. The molecule has 0 heterocycles. The highest BCUT2D eigenvalue weighted by Crippen LogP contribution is 2.27. The quantitative estimate of drug-likeness (QED) is 0.658. The Morgan fingerprint density at radius 1 is 1.10 bits per heavy atom. The molecular formula is C13H22N2O4S. The largest absolute Gasteiger partial charge is 0.493 e. The molecule has 114 valence electrons. The van der Waals surface area contributed by atoms with Gasteiger partial charge in [-0.05, 0) is 30.7 Å². The average molecular weight is 302 g/mol. The molecular weight excluding hydrogens is 280 g/mol. The first-order valence-electron chi connectivity index (χ1n) is 6.32. The van der Waals surface area contributed by atoms with Crippen LogP contribution in [0.25, 0.3) is 0 Å². The molecule has 20 heavy (non-hydrogen) atoms. The summed E-state index contributed by atoms with van der Waals surface area (Å²) in [6.07, 6.45) is 1.89. The molecule has 0 aliphatic carbocycles. The van der Waals surface area contributed by atoms with Crippen LogP contribution in [0, 0.1) is 0 Å². The van der Waals surface area contributed by atoms with Crippen LogP contribution in [0.4, 0.5) is 0 Å². The van der Waals surface area contributed by atoms with E-state index in [2.05, 4.69) is 10.0 Å². The van der Waals surface area contributed by atoms with Crippen molar-refractivity contribution in [2.45, 2.75) is 13.0 Å². The highest BCUT2D eigenvalue weighted by Gasteiger charge is 2.04. The third-order valence-corrected chi connectivity index (χ3v) is 3.40. The number of hydrogen-bond acceptors (Lipinski definition) is 5. The van der Waals surface area contributed by atoms with E-state index in [9.17, 15) is 8.42 Å². The van der Waals surface area contributed by atoms with E-state index < -0.39 is 10.0 Å². The van der Waals surface area contributed by atoms with Gasteiger partial charge in [0.2, 0.25) is 10.0 Å². The zero-order chi connectivity index (χ0) is 15.0. The minimum absolute atomic E-state index is 0.442. The molecule has 0 aliphatic rings. The molecule has 0 fully saturated rings. The molecule has 2 N–H and O–H groups in total. The molecule has 0 radical (unpaired) electrons. The van der Waals surface area contributed by atoms with E-state index >= 15 is 0 Å². The van der Waals surface area contributed by atoms with Crippen LogP contribution in [0.15, 0.2) is 18.2 Å². The Morgan fingerprint density at radius 3 is 2.40 bits per heavy atom. The fourth-order valence-electron chi connectivity index (χ4n) is 1.69. The van der Waals surface area contributed by atoms with Crippen molar-refractivity contribution < 1.29 is 17.9 Å². The molecule has 0 unspecified atom stereocenters. The van der Waals surface area contributed by atoms with Crippen molar-refractivity contribution in [1.29, 1.82) is 0 Å². The van der Waals surface area contributed by atoms with Crippen molar-refractivity contribution in [1.82, 2.24) is 10.0 Å². The van der Waals surface area contributed by atoms with Crippen molar-refractivity contribution in [3.8, 4) is 11.5 Å². The van der Waals surface area contributed by atoms with Gasteiger partial charge in [0.15, 0.2) is 11.5 Å². The normalized spacial score (nSPS) is 11.3. The minimum atomic E-state index is -3.09. The summed E-state index contributed by atoms with van der Waals surface area (Å²) < 4.78 is 34.6. The van der Waals surface area contributed by atoms with Crippen LogP contribution in [0.1, 0.15) is 12.0 Å². The summed E-state index contributed by atoms with van der Waals surface area (Å²) in [5, 5.41) is 3.25. The highest BCUT2D eigenvalue weighted by atomic mass is 32.2. The van der Waals surface area contributed by atoms with Gasteiger partial charge in [-0.1, -0.05) is 6.07 Å². The fourth-order valence-corrected chi connectivity index (χ4v) is 2.21. The van der Waals surface area contributed by atoms with E-state index in [0.29, 0.717) is 24.6 Å². The molecule has 0 atom stereocenters. The Balaban J connectivity index is 2.32. The maximum absolute atomic E-state index is 10.9. The summed E-state index contributed by atoms with van der Waals surface area (Å²) in [6.45, 7) is 1.87. The standard InChI is InChI=1S/C13H22N2O4S/c1-18-12-6-5-11(9-13(12)19-2)10-14-7-4-8-15-20(3,16)17/h5-6,9,14-15H,4,7-8,10H2,1-3H3. The van der Waals surface area contributed by atoms with Gasteiger partial charge < -0.3 is 14.8 Å². The van der Waals surface area contributed by atoms with Gasteiger partial charge in [0, 0.05) is 13.1 Å². The van der Waals surface area contributed by atoms with E-state index in [1.54, 1.807) is 14.2 Å². The molecule has 0 amide bonds. The Hall–Kier alpha value is -1.31. The number of hydrogen-bond donors (Lipinski definition) is 2. The van der Waals surface area contributed by atoms with E-state index in [4.69, 9.17) is 9.47 Å². The van der Waals surface area contributed by atoms with Gasteiger partial charge in [-0.3, -0.25) is 0 Å². The van der Waals surface area contributed by atoms with E-state index in [1.807, 2.05) is 18.2 Å². The number of ether oxygens (including phenoxy) is 2. The van der Waals surface area contributed by atoms with Crippen LogP contribution in [-0.4, -0.2) is 42.0 Å². The van der Waals surface area contributed by atoms with E-state index in [1.165, 1.54) is 0 Å². The van der Waals surface area contributed by atoms with Crippen molar-refractivity contribution in [3.63, 3.8) is 0 Å². The molecule has 0 bridgehead atoms. The molecule has 0 aromatic heterocycles. The van der Waals surface area contributed by atoms with Crippen LogP contribution < -0.4 is 19.5 Å². The van der Waals surface area contributed by atoms with Gasteiger partial charge in [0.25, 0.3) is 0 Å². The second kappa shape index (κ2) is 8.08. The molecule has 0 spiro atoms. The van der Waals surface area contributed by atoms with Crippen LogP contribution in [0.2, 0.25) is 0 Å². The summed E-state index contributed by atoms with van der Waals surface area (Å²) in [7, 11) is 0.116.